The molecule has 0 aliphatic heterocycles. The first kappa shape index (κ1) is 110. The number of amides is 4. The molecule has 4 N–H and O–H groups in total. The molecule has 12 rings (SSSR count). The first-order valence-electron chi connectivity index (χ1n) is 47.2. The number of hydrogen-bond acceptors (Lipinski definition) is 11. The van der Waals surface area contributed by atoms with Gasteiger partial charge in [-0.2, -0.15) is 13.2 Å². The summed E-state index contributed by atoms with van der Waals surface area (Å²) in [4.78, 5) is 68.3. The van der Waals surface area contributed by atoms with Crippen molar-refractivity contribution in [2.45, 2.75) is 235 Å². The van der Waals surface area contributed by atoms with E-state index in [9.17, 15) is 32.3 Å². The SMILES string of the molecule is CC1=C(/C=C/C(C)=C/C=C/C(C)=C/C(=O)Nc2ccc(S)cc2)C(C)(C)CCC1n1ccnc1.CC1=C(/C=C/C(C)=C/C=C/C(C)=C/C(=O)Nc2cccc(S)c2)C(C)(C)CCC1n1ccnc1.CC1=C(/C=C/C(C)=C/C=C/C(C)=C/C(=O)Nc2ccccc2C(F)(F)F)C(C)(C)CCC1n1ccnc1.CC1=C(/C=C/C(C)=C/C=C/C(C)=C/C(=O)Nc2ccccc2S)C(C)(C)CCC1n1ccnc1. The molecule has 730 valence electrons. The maximum Gasteiger partial charge on any atom is 0.418 e. The lowest BCUT2D eigenvalue weighted by molar-refractivity contribution is -0.137. The second-order valence-corrected chi connectivity index (χ2v) is 40.3. The summed E-state index contributed by atoms with van der Waals surface area (Å²) in [7, 11) is 0. The van der Waals surface area contributed by atoms with Crippen LogP contribution in [0.2, 0.25) is 0 Å². The van der Waals surface area contributed by atoms with E-state index >= 15 is 0 Å². The van der Waals surface area contributed by atoms with E-state index in [0.717, 1.165) is 123 Å². The quantitative estimate of drug-likeness (QED) is 0.0143. The maximum atomic E-state index is 13.1. The van der Waals surface area contributed by atoms with Crippen LogP contribution in [0, 0.1) is 21.7 Å². The van der Waals surface area contributed by atoms with E-state index < -0.39 is 17.6 Å². The number of nitrogens with zero attached hydrogens (tertiary/aromatic N) is 8. The Morgan fingerprint density at radius 2 is 0.647 bits per heavy atom. The number of nitrogens with one attached hydrogen (secondary N) is 4. The van der Waals surface area contributed by atoms with Crippen LogP contribution in [-0.4, -0.2) is 61.8 Å². The molecule has 4 unspecified atom stereocenters. The summed E-state index contributed by atoms with van der Waals surface area (Å²) < 4.78 is 48.2. The normalized spacial score (nSPS) is 19.3. The molecule has 16 nitrogen and oxygen atoms in total. The number of benzene rings is 4. The molecule has 22 heteroatoms. The van der Waals surface area contributed by atoms with Crippen LogP contribution in [0.5, 0.6) is 0 Å². The molecule has 4 aromatic carbocycles. The molecule has 0 spiro atoms. The average molecular weight is 1930 g/mol. The lowest BCUT2D eigenvalue weighted by atomic mass is 9.71. The summed E-state index contributed by atoms with van der Waals surface area (Å²) in [5.74, 6) is -1.09. The standard InChI is InChI=1S/C30H34F3N3O.3C29H35N3OS/c1-21(13-14-24-23(3)27(15-16-29(24,4)5)36-18-17-34-20-36)9-8-10-22(2)19-28(37)35-26-12-7-6-11-25(26)30(31,32)33;1-21(8-6-9-22(2)18-28(33)31-24-10-7-11-25(34)19-24)12-13-26-23(3)27(14-15-29(26,4)5)32-17-16-30-20-32;1-21(9-8-10-22(2)19-28(33)31-25-11-6-7-12-27(25)34)13-14-24-23(3)26(15-16-29(24,4)5)32-18-17-30-20-32;1-21(7-6-8-22(2)19-28(33)31-24-10-12-25(34)13-11-24)9-14-26-23(3)27(15-16-29(26,4)5)32-18-17-30-20-32/h6-14,17-20,27H,15-16H2,1-5H3,(H,35,37);6-13,16-20,27,34H,14-15H2,1-5H3,(H,31,33);6-14,17-20,26,34H,15-16H2,1-5H3,(H,31,33);6-14,17-20,27,34H,15-16H2,1-5H3,(H,31,33)/b10-8+,14-13+,21-9+,22-19+;9-6+,13-12+,21-8+,22-18+;10-8+,14-13+,21-9+,22-19+;8-6+,14-9+,21-7+,22-19+. The molecule has 139 heavy (non-hydrogen) atoms. The van der Waals surface area contributed by atoms with Gasteiger partial charge in [-0.15, -0.1) is 37.9 Å². The van der Waals surface area contributed by atoms with E-state index in [-0.39, 0.29) is 45.1 Å². The zero-order valence-corrected chi connectivity index (χ0v) is 86.9. The van der Waals surface area contributed by atoms with Crippen molar-refractivity contribution in [2.24, 2.45) is 21.7 Å². The number of alkyl halides is 3. The molecular weight excluding hydrogens is 1790 g/mol. The van der Waals surface area contributed by atoms with Gasteiger partial charge in [0.25, 0.3) is 0 Å². The van der Waals surface area contributed by atoms with Crippen LogP contribution in [0.3, 0.4) is 0 Å². The van der Waals surface area contributed by atoms with Gasteiger partial charge in [0, 0.05) is 99.9 Å². The van der Waals surface area contributed by atoms with Gasteiger partial charge in [0.1, 0.15) is 0 Å². The molecule has 4 heterocycles. The molecule has 4 aromatic heterocycles. The van der Waals surface area contributed by atoms with Crippen LogP contribution in [0.15, 0.2) is 422 Å². The first-order chi connectivity index (χ1) is 65.9. The van der Waals surface area contributed by atoms with Gasteiger partial charge in [-0.3, -0.25) is 19.2 Å². The third-order valence-electron chi connectivity index (χ3n) is 25.6. The fourth-order valence-corrected chi connectivity index (χ4v) is 18.3. The topological polar surface area (TPSA) is 188 Å². The third-order valence-corrected chi connectivity index (χ3v) is 26.6. The van der Waals surface area contributed by atoms with Crippen LogP contribution in [0.1, 0.15) is 220 Å². The van der Waals surface area contributed by atoms with Gasteiger partial charge in [0.2, 0.25) is 23.6 Å². The summed E-state index contributed by atoms with van der Waals surface area (Å²) >= 11 is 12.9. The summed E-state index contributed by atoms with van der Waals surface area (Å²) in [6, 6.07) is 28.5. The minimum absolute atomic E-state index is 0.0746. The van der Waals surface area contributed by atoms with Crippen LogP contribution in [0.25, 0.3) is 0 Å². The summed E-state index contributed by atoms with van der Waals surface area (Å²) in [5.41, 5.74) is 20.4. The van der Waals surface area contributed by atoms with Crippen molar-refractivity contribution >= 4 is 84.3 Å². The van der Waals surface area contributed by atoms with Crippen molar-refractivity contribution in [2.75, 3.05) is 21.3 Å². The van der Waals surface area contributed by atoms with Gasteiger partial charge < -0.3 is 39.5 Å². The Morgan fingerprint density at radius 3 is 0.950 bits per heavy atom. The molecular formula is C117H139F3N12O4S3. The molecule has 0 bridgehead atoms. The Balaban J connectivity index is 0.000000207. The molecule has 4 atom stereocenters. The lowest BCUT2D eigenvalue weighted by Gasteiger charge is -2.38. The highest BCUT2D eigenvalue weighted by Crippen LogP contribution is 2.50. The van der Waals surface area contributed by atoms with Crippen molar-refractivity contribution in [3.05, 3.63) is 413 Å². The minimum Gasteiger partial charge on any atom is -0.330 e. The Hall–Kier alpha value is -12.8. The number of anilines is 4. The minimum atomic E-state index is -4.54. The second kappa shape index (κ2) is 51.8. The monoisotopic (exact) mass is 1930 g/mol. The summed E-state index contributed by atoms with van der Waals surface area (Å²) in [5, 5.41) is 10.9. The van der Waals surface area contributed by atoms with Crippen LogP contribution < -0.4 is 21.3 Å². The van der Waals surface area contributed by atoms with Crippen LogP contribution >= 0.6 is 37.9 Å². The van der Waals surface area contributed by atoms with Crippen molar-refractivity contribution < 1.29 is 32.3 Å². The Labute approximate surface area is 839 Å². The maximum absolute atomic E-state index is 13.1. The predicted octanol–water partition coefficient (Wildman–Crippen LogP) is 30.7. The van der Waals surface area contributed by atoms with E-state index in [4.69, 9.17) is 0 Å². The number of rotatable bonds is 28. The molecule has 0 fully saturated rings. The van der Waals surface area contributed by atoms with Crippen molar-refractivity contribution in [3.63, 3.8) is 0 Å². The zero-order chi connectivity index (χ0) is 101. The van der Waals surface area contributed by atoms with E-state index in [1.165, 1.54) is 68.9 Å². The van der Waals surface area contributed by atoms with E-state index in [1.54, 1.807) is 31.2 Å². The summed E-state index contributed by atoms with van der Waals surface area (Å²) in [6.45, 7) is 43.2. The number of carbonyl (C=O) groups excluding carboxylic acids is 4. The fourth-order valence-electron chi connectivity index (χ4n) is 17.7. The molecule has 0 saturated carbocycles. The van der Waals surface area contributed by atoms with Crippen molar-refractivity contribution in [3.8, 4) is 0 Å². The van der Waals surface area contributed by atoms with E-state index in [2.05, 4.69) is 287 Å². The third kappa shape index (κ3) is 34.4. The average Bonchev–Trinajstić information content (AvgIpc) is 1.69. The fraction of sp³-hybridized carbons (Fsp3) is 0.316. The van der Waals surface area contributed by atoms with Crippen LogP contribution in [0.4, 0.5) is 35.9 Å². The second-order valence-electron chi connectivity index (χ2n) is 38.8. The molecule has 4 amide bonds. The summed E-state index contributed by atoms with van der Waals surface area (Å²) in [6.07, 6.45) is 74.7. The molecule has 0 radical (unpaired) electrons. The number of allylic oxidation sites excluding steroid dienone is 36. The van der Waals surface area contributed by atoms with Gasteiger partial charge in [0.15, 0.2) is 0 Å². The van der Waals surface area contributed by atoms with E-state index in [0.29, 0.717) is 35.4 Å². The highest BCUT2D eigenvalue weighted by molar-refractivity contribution is 7.80. The Bertz CT molecular complexity index is 6250. The number of imidazole rings is 4. The zero-order valence-electron chi connectivity index (χ0n) is 84.2. The Morgan fingerprint density at radius 1 is 0.353 bits per heavy atom. The molecule has 0 saturated heterocycles. The smallest absolute Gasteiger partial charge is 0.330 e. The predicted molar refractivity (Wildman–Crippen MR) is 578 cm³/mol. The Kier molecular flexibility index (Phi) is 40.9. The van der Waals surface area contributed by atoms with Gasteiger partial charge in [-0.1, -0.05) is 230 Å². The number of aromatic nitrogens is 8. The first-order valence-corrected chi connectivity index (χ1v) is 48.6. The lowest BCUT2D eigenvalue weighted by Crippen LogP contribution is -2.25. The largest absolute Gasteiger partial charge is 0.418 e. The van der Waals surface area contributed by atoms with E-state index in [1.807, 2.05) is 205 Å². The van der Waals surface area contributed by atoms with Gasteiger partial charge in [-0.25, -0.2) is 19.9 Å². The van der Waals surface area contributed by atoms with Gasteiger partial charge in [0.05, 0.1) is 66.4 Å². The number of para-hydroxylation sites is 2. The number of halogens is 3. The number of carbonyl (C=O) groups is 4. The van der Waals surface area contributed by atoms with Crippen LogP contribution in [-0.2, 0) is 25.4 Å². The van der Waals surface area contributed by atoms with Gasteiger partial charge in [-0.05, 0) is 290 Å². The number of thiol groups is 3. The molecule has 4 aliphatic rings. The highest BCUT2D eigenvalue weighted by atomic mass is 32.1. The number of hydrogen-bond donors (Lipinski definition) is 7. The van der Waals surface area contributed by atoms with Crippen molar-refractivity contribution in [1.82, 2.24) is 38.2 Å². The van der Waals surface area contributed by atoms with Crippen molar-refractivity contribution in [1.29, 1.82) is 0 Å². The molecule has 8 aromatic rings. The highest BCUT2D eigenvalue weighted by Gasteiger charge is 2.38. The van der Waals surface area contributed by atoms with Gasteiger partial charge >= 0.3 is 6.18 Å². The molecule has 4 aliphatic carbocycles.